The molecule has 1 amide bonds. The van der Waals surface area contributed by atoms with Crippen molar-refractivity contribution in [2.24, 2.45) is 5.16 Å². The number of carbonyl (C=O) groups excluding carboxylic acids is 1. The van der Waals surface area contributed by atoms with Crippen molar-refractivity contribution < 1.29 is 18.4 Å². The first-order valence-corrected chi connectivity index (χ1v) is 7.13. The number of nitrogens with zero attached hydrogens (tertiary/aromatic N) is 1. The summed E-state index contributed by atoms with van der Waals surface area (Å²) in [5.41, 5.74) is 1.51. The quantitative estimate of drug-likeness (QED) is 0.943. The number of hydrogen-bond acceptors (Lipinski definition) is 3. The van der Waals surface area contributed by atoms with Gasteiger partial charge in [-0.1, -0.05) is 35.5 Å². The Hall–Kier alpha value is -2.76. The van der Waals surface area contributed by atoms with Crippen LogP contribution in [0, 0.1) is 11.6 Å². The molecule has 1 atom stereocenters. The van der Waals surface area contributed by atoms with E-state index in [1.807, 2.05) is 0 Å². The van der Waals surface area contributed by atoms with E-state index in [1.165, 1.54) is 18.2 Å². The molecular weight excluding hydrogens is 302 g/mol. The van der Waals surface area contributed by atoms with E-state index >= 15 is 0 Å². The molecule has 0 fully saturated rings. The first-order chi connectivity index (χ1) is 11.1. The fourth-order valence-corrected chi connectivity index (χ4v) is 2.28. The van der Waals surface area contributed by atoms with Crippen molar-refractivity contribution in [1.29, 1.82) is 0 Å². The largest absolute Gasteiger partial charge is 0.382 e. The van der Waals surface area contributed by atoms with Gasteiger partial charge < -0.3 is 10.2 Å². The zero-order chi connectivity index (χ0) is 16.2. The molecule has 118 valence electrons. The molecule has 6 heteroatoms. The summed E-state index contributed by atoms with van der Waals surface area (Å²) in [6.45, 7) is 0.258. The molecule has 0 bridgehead atoms. The molecule has 1 unspecified atom stereocenters. The van der Waals surface area contributed by atoms with Gasteiger partial charge in [0.25, 0.3) is 5.91 Å². The first kappa shape index (κ1) is 15.1. The Labute approximate surface area is 131 Å². The zero-order valence-electron chi connectivity index (χ0n) is 12.1. The Balaban J connectivity index is 1.56. The maximum Gasteiger partial charge on any atom is 0.264 e. The van der Waals surface area contributed by atoms with Gasteiger partial charge in [-0.2, -0.15) is 0 Å². The predicted octanol–water partition coefficient (Wildman–Crippen LogP) is 2.77. The van der Waals surface area contributed by atoms with Crippen LogP contribution in [0.3, 0.4) is 0 Å². The highest BCUT2D eigenvalue weighted by atomic mass is 19.1. The number of rotatable bonds is 4. The topological polar surface area (TPSA) is 50.7 Å². The van der Waals surface area contributed by atoms with Crippen LogP contribution in [0.5, 0.6) is 0 Å². The molecule has 0 saturated carbocycles. The highest BCUT2D eigenvalue weighted by molar-refractivity contribution is 6.04. The highest BCUT2D eigenvalue weighted by Gasteiger charge is 2.29. The number of hydrogen-bond donors (Lipinski definition) is 1. The molecule has 1 N–H and O–H groups in total. The van der Waals surface area contributed by atoms with E-state index in [9.17, 15) is 13.6 Å². The normalized spacial score (nSPS) is 16.6. The number of nitrogens with one attached hydrogen (secondary N) is 1. The number of carbonyl (C=O) groups is 1. The summed E-state index contributed by atoms with van der Waals surface area (Å²) in [5, 5.41) is 6.50. The van der Waals surface area contributed by atoms with Crippen molar-refractivity contribution in [2.75, 3.05) is 0 Å². The van der Waals surface area contributed by atoms with Gasteiger partial charge in [0, 0.05) is 18.5 Å². The molecule has 1 aliphatic rings. The van der Waals surface area contributed by atoms with Crippen molar-refractivity contribution in [3.8, 4) is 0 Å². The average Bonchev–Trinajstić information content (AvgIpc) is 3.04. The SMILES string of the molecule is O=C(NCc1ccc(F)cc1)C1CC(c2ccccc2F)=NO1. The Morgan fingerprint density at radius 2 is 1.91 bits per heavy atom. The summed E-state index contributed by atoms with van der Waals surface area (Å²) >= 11 is 0. The summed E-state index contributed by atoms with van der Waals surface area (Å²) in [5.74, 6) is -1.08. The molecule has 0 spiro atoms. The molecule has 1 aliphatic heterocycles. The van der Waals surface area contributed by atoms with Crippen molar-refractivity contribution in [3.05, 3.63) is 71.3 Å². The number of oxime groups is 1. The summed E-state index contributed by atoms with van der Waals surface area (Å²) in [6.07, 6.45) is -0.582. The van der Waals surface area contributed by atoms with Crippen LogP contribution in [0.1, 0.15) is 17.5 Å². The van der Waals surface area contributed by atoms with Gasteiger partial charge in [0.15, 0.2) is 0 Å². The number of halogens is 2. The number of amides is 1. The van der Waals surface area contributed by atoms with Gasteiger partial charge in [-0.15, -0.1) is 0 Å². The first-order valence-electron chi connectivity index (χ1n) is 7.13. The van der Waals surface area contributed by atoms with Crippen LogP contribution < -0.4 is 5.32 Å². The van der Waals surface area contributed by atoms with Gasteiger partial charge in [0.05, 0.1) is 5.71 Å². The lowest BCUT2D eigenvalue weighted by molar-refractivity contribution is -0.131. The van der Waals surface area contributed by atoms with Crippen LogP contribution >= 0.6 is 0 Å². The van der Waals surface area contributed by atoms with Gasteiger partial charge in [0.1, 0.15) is 11.6 Å². The number of benzene rings is 2. The lowest BCUT2D eigenvalue weighted by atomic mass is 10.0. The lowest BCUT2D eigenvalue weighted by Crippen LogP contribution is -2.34. The van der Waals surface area contributed by atoms with E-state index in [2.05, 4.69) is 10.5 Å². The maximum atomic E-state index is 13.7. The Bertz CT molecular complexity index is 745. The lowest BCUT2D eigenvalue weighted by Gasteiger charge is -2.09. The van der Waals surface area contributed by atoms with Gasteiger partial charge in [-0.3, -0.25) is 4.79 Å². The third-order valence-corrected chi connectivity index (χ3v) is 3.53. The van der Waals surface area contributed by atoms with Crippen LogP contribution in [0.25, 0.3) is 0 Å². The standard InChI is InChI=1S/C17H14F2N2O2/c18-12-7-5-11(6-8-12)10-20-17(22)16-9-15(21-23-16)13-3-1-2-4-14(13)19/h1-8,16H,9-10H2,(H,20,22). The van der Waals surface area contributed by atoms with E-state index in [4.69, 9.17) is 4.84 Å². The molecular formula is C17H14F2N2O2. The molecule has 4 nitrogen and oxygen atoms in total. The van der Waals surface area contributed by atoms with E-state index in [1.54, 1.807) is 30.3 Å². The van der Waals surface area contributed by atoms with Gasteiger partial charge in [-0.25, -0.2) is 8.78 Å². The summed E-state index contributed by atoms with van der Waals surface area (Å²) in [6, 6.07) is 12.0. The van der Waals surface area contributed by atoms with Gasteiger partial charge in [0.2, 0.25) is 6.10 Å². The van der Waals surface area contributed by atoms with Crippen molar-refractivity contribution >= 4 is 11.6 Å². The minimum Gasteiger partial charge on any atom is -0.382 e. The Kier molecular flexibility index (Phi) is 4.32. The van der Waals surface area contributed by atoms with Crippen LogP contribution in [0.15, 0.2) is 53.7 Å². The summed E-state index contributed by atoms with van der Waals surface area (Å²) in [7, 11) is 0. The molecule has 0 aromatic heterocycles. The van der Waals surface area contributed by atoms with Crippen molar-refractivity contribution in [3.63, 3.8) is 0 Å². The Morgan fingerprint density at radius 3 is 2.65 bits per heavy atom. The van der Waals surface area contributed by atoms with Gasteiger partial charge in [-0.05, 0) is 23.8 Å². The second kappa shape index (κ2) is 6.56. The second-order valence-electron chi connectivity index (χ2n) is 5.16. The minimum atomic E-state index is -0.787. The third kappa shape index (κ3) is 3.53. The molecule has 2 aromatic rings. The van der Waals surface area contributed by atoms with Crippen LogP contribution in [-0.2, 0) is 16.2 Å². The smallest absolute Gasteiger partial charge is 0.264 e. The summed E-state index contributed by atoms with van der Waals surface area (Å²) in [4.78, 5) is 17.2. The van der Waals surface area contributed by atoms with E-state index in [0.29, 0.717) is 11.3 Å². The van der Waals surface area contributed by atoms with Gasteiger partial charge >= 0.3 is 0 Å². The van der Waals surface area contributed by atoms with Crippen molar-refractivity contribution in [1.82, 2.24) is 5.32 Å². The van der Waals surface area contributed by atoms with E-state index in [0.717, 1.165) is 5.56 Å². The molecule has 23 heavy (non-hydrogen) atoms. The van der Waals surface area contributed by atoms with Crippen molar-refractivity contribution in [2.45, 2.75) is 19.1 Å². The fourth-order valence-electron chi connectivity index (χ4n) is 2.28. The molecule has 0 radical (unpaired) electrons. The Morgan fingerprint density at radius 1 is 1.17 bits per heavy atom. The fraction of sp³-hybridized carbons (Fsp3) is 0.176. The highest BCUT2D eigenvalue weighted by Crippen LogP contribution is 2.19. The molecule has 0 saturated heterocycles. The summed E-state index contributed by atoms with van der Waals surface area (Å²) < 4.78 is 26.5. The van der Waals surface area contributed by atoms with Crippen LogP contribution in [0.2, 0.25) is 0 Å². The van der Waals surface area contributed by atoms with E-state index < -0.39 is 11.9 Å². The molecule has 0 aliphatic carbocycles. The zero-order valence-corrected chi connectivity index (χ0v) is 12.1. The van der Waals surface area contributed by atoms with E-state index in [-0.39, 0.29) is 24.7 Å². The maximum absolute atomic E-state index is 13.7. The third-order valence-electron chi connectivity index (χ3n) is 3.53. The van der Waals surface area contributed by atoms with Crippen LogP contribution in [0.4, 0.5) is 8.78 Å². The molecule has 2 aromatic carbocycles. The second-order valence-corrected chi connectivity index (χ2v) is 5.16. The predicted molar refractivity (Wildman–Crippen MR) is 80.7 cm³/mol. The molecule has 3 rings (SSSR count). The van der Waals surface area contributed by atoms with Crippen LogP contribution in [-0.4, -0.2) is 17.7 Å². The monoisotopic (exact) mass is 316 g/mol. The molecule has 1 heterocycles. The minimum absolute atomic E-state index is 0.205. The average molecular weight is 316 g/mol.